The first-order valence-corrected chi connectivity index (χ1v) is 10.1. The van der Waals surface area contributed by atoms with Crippen molar-refractivity contribution in [2.24, 2.45) is 5.92 Å². The van der Waals surface area contributed by atoms with Gasteiger partial charge in [0, 0.05) is 12.1 Å². The first-order chi connectivity index (χ1) is 14.0. The lowest BCUT2D eigenvalue weighted by molar-refractivity contribution is 0.206. The van der Waals surface area contributed by atoms with Crippen molar-refractivity contribution in [2.45, 2.75) is 18.2 Å². The number of thiol groups is 1. The van der Waals surface area contributed by atoms with Crippen molar-refractivity contribution in [1.29, 1.82) is 0 Å². The van der Waals surface area contributed by atoms with Gasteiger partial charge in [-0.05, 0) is 47.5 Å². The number of pyridine rings is 1. The summed E-state index contributed by atoms with van der Waals surface area (Å²) in [7, 11) is 0. The Bertz CT molecular complexity index is 1130. The number of carbonyl (C=O) groups excluding carboxylic acids is 1. The van der Waals surface area contributed by atoms with Crippen molar-refractivity contribution in [2.75, 3.05) is 11.4 Å². The molecule has 29 heavy (non-hydrogen) atoms. The molecule has 11 heteroatoms. The molecule has 3 heterocycles. The number of H-pyrrole nitrogens is 1. The number of thiazole rings is 1. The maximum Gasteiger partial charge on any atom is 0.420 e. The molecule has 0 aliphatic heterocycles. The van der Waals surface area contributed by atoms with Gasteiger partial charge in [0.2, 0.25) is 5.82 Å². The number of amides is 1. The maximum atomic E-state index is 12.9. The summed E-state index contributed by atoms with van der Waals surface area (Å²) in [5.74, 6) is 1.61. The van der Waals surface area contributed by atoms with Crippen LogP contribution >= 0.6 is 24.0 Å². The predicted octanol–water partition coefficient (Wildman–Crippen LogP) is 3.82. The number of hydrogen-bond donors (Lipinski definition) is 2. The maximum absolute atomic E-state index is 12.9. The van der Waals surface area contributed by atoms with Crippen LogP contribution in [0.15, 0.2) is 40.7 Å². The molecule has 0 spiro atoms. The molecule has 4 rings (SSSR count). The van der Waals surface area contributed by atoms with Crippen molar-refractivity contribution in [3.63, 3.8) is 0 Å². The number of tetrazole rings is 1. The molecule has 0 radical (unpaired) electrons. The van der Waals surface area contributed by atoms with E-state index in [0.717, 1.165) is 15.9 Å². The zero-order valence-corrected chi connectivity index (χ0v) is 17.3. The van der Waals surface area contributed by atoms with Gasteiger partial charge in [0.1, 0.15) is 26.3 Å². The van der Waals surface area contributed by atoms with E-state index in [1.807, 2.05) is 19.9 Å². The molecule has 0 aliphatic rings. The number of nitrogens with zero attached hydrogens (tertiary/aromatic N) is 6. The third-order valence-electron chi connectivity index (χ3n) is 3.94. The smallest absolute Gasteiger partial charge is 0.410 e. The Balaban J connectivity index is 1.56. The van der Waals surface area contributed by atoms with Gasteiger partial charge in [-0.1, -0.05) is 25.2 Å². The number of ether oxygens (including phenoxy) is 1. The third kappa shape index (κ3) is 4.35. The fourth-order valence-electron chi connectivity index (χ4n) is 2.68. The average molecular weight is 428 g/mol. The second kappa shape index (κ2) is 8.13. The molecule has 0 atom stereocenters. The number of carbonyl (C=O) groups is 1. The van der Waals surface area contributed by atoms with Gasteiger partial charge in [-0.2, -0.15) is 5.21 Å². The van der Waals surface area contributed by atoms with E-state index < -0.39 is 6.09 Å². The summed E-state index contributed by atoms with van der Waals surface area (Å²) >= 11 is 5.63. The molecule has 148 valence electrons. The van der Waals surface area contributed by atoms with Gasteiger partial charge in [0.05, 0.1) is 0 Å². The SMILES string of the molecule is CC(C)CN(C(=O)Oc1ccc(-c2nn[nH]n2)cc1)c1ccc2nc(S)sc2n1. The first kappa shape index (κ1) is 19.3. The molecule has 0 aliphatic carbocycles. The van der Waals surface area contributed by atoms with Crippen LogP contribution in [0.5, 0.6) is 5.75 Å². The zero-order valence-electron chi connectivity index (χ0n) is 15.6. The van der Waals surface area contributed by atoms with Crippen molar-refractivity contribution in [1.82, 2.24) is 30.6 Å². The number of hydrogen-bond acceptors (Lipinski definition) is 9. The number of nitrogens with one attached hydrogen (secondary N) is 1. The molecular weight excluding hydrogens is 410 g/mol. The Labute approximate surface area is 175 Å². The fourth-order valence-corrected chi connectivity index (χ4v) is 3.73. The summed E-state index contributed by atoms with van der Waals surface area (Å²) in [4.78, 5) is 24.0. The van der Waals surface area contributed by atoms with Gasteiger partial charge in [-0.3, -0.25) is 4.90 Å². The number of aromatic nitrogens is 6. The minimum Gasteiger partial charge on any atom is -0.410 e. The quantitative estimate of drug-likeness (QED) is 0.466. The molecule has 0 fully saturated rings. The number of anilines is 1. The summed E-state index contributed by atoms with van der Waals surface area (Å²) < 4.78 is 6.21. The third-order valence-corrected chi connectivity index (χ3v) is 5.08. The highest BCUT2D eigenvalue weighted by Crippen LogP contribution is 2.26. The second-order valence-electron chi connectivity index (χ2n) is 6.62. The lowest BCUT2D eigenvalue weighted by atomic mass is 10.2. The second-order valence-corrected chi connectivity index (χ2v) is 8.33. The van der Waals surface area contributed by atoms with Crippen LogP contribution in [0.3, 0.4) is 0 Å². The summed E-state index contributed by atoms with van der Waals surface area (Å²) in [6, 6.07) is 10.5. The molecule has 0 unspecified atom stereocenters. The topological polar surface area (TPSA) is 110 Å². The Hall–Kier alpha value is -3.05. The molecule has 1 amide bonds. The van der Waals surface area contributed by atoms with Crippen LogP contribution in [-0.4, -0.2) is 43.2 Å². The number of benzene rings is 1. The van der Waals surface area contributed by atoms with Gasteiger partial charge < -0.3 is 4.74 Å². The van der Waals surface area contributed by atoms with Crippen LogP contribution in [0, 0.1) is 5.92 Å². The lowest BCUT2D eigenvalue weighted by Gasteiger charge is -2.22. The lowest BCUT2D eigenvalue weighted by Crippen LogP contribution is -2.37. The molecule has 3 aromatic heterocycles. The van der Waals surface area contributed by atoms with Gasteiger partial charge in [0.15, 0.2) is 0 Å². The Kier molecular flexibility index (Phi) is 5.41. The van der Waals surface area contributed by atoms with Crippen LogP contribution in [0.4, 0.5) is 10.6 Å². The minimum atomic E-state index is -0.506. The molecular formula is C18H17N7O2S2. The number of fused-ring (bicyclic) bond motifs is 1. The number of rotatable bonds is 5. The summed E-state index contributed by atoms with van der Waals surface area (Å²) in [6.45, 7) is 4.51. The zero-order chi connectivity index (χ0) is 20.4. The highest BCUT2D eigenvalue weighted by Gasteiger charge is 2.21. The average Bonchev–Trinajstić information content (AvgIpc) is 3.34. The van der Waals surface area contributed by atoms with E-state index in [1.54, 1.807) is 30.3 Å². The van der Waals surface area contributed by atoms with Crippen LogP contribution in [-0.2, 0) is 0 Å². The van der Waals surface area contributed by atoms with Gasteiger partial charge in [0.25, 0.3) is 0 Å². The Morgan fingerprint density at radius 2 is 2.00 bits per heavy atom. The standard InChI is InChI=1S/C18H17N7O2S2/c1-10(2)9-25(14-8-7-13-16(20-14)29-17(28)19-13)18(26)27-12-5-3-11(4-6-12)15-21-23-24-22-15/h3-8,10H,9H2,1-2H3,(H,19,28)(H,21,22,23,24). The van der Waals surface area contributed by atoms with Crippen molar-refractivity contribution < 1.29 is 9.53 Å². The highest BCUT2D eigenvalue weighted by atomic mass is 32.2. The summed E-state index contributed by atoms with van der Waals surface area (Å²) in [5.41, 5.74) is 1.51. The van der Waals surface area contributed by atoms with Gasteiger partial charge in [-0.15, -0.1) is 22.8 Å². The van der Waals surface area contributed by atoms with E-state index in [4.69, 9.17) is 4.74 Å². The van der Waals surface area contributed by atoms with Crippen LogP contribution in [0.25, 0.3) is 21.7 Å². The molecule has 1 N–H and O–H groups in total. The van der Waals surface area contributed by atoms with E-state index in [2.05, 4.69) is 43.2 Å². The van der Waals surface area contributed by atoms with E-state index in [9.17, 15) is 4.79 Å². The molecule has 0 bridgehead atoms. The predicted molar refractivity (Wildman–Crippen MR) is 112 cm³/mol. The molecule has 0 saturated heterocycles. The van der Waals surface area contributed by atoms with E-state index in [-0.39, 0.29) is 5.92 Å². The van der Waals surface area contributed by atoms with Crippen molar-refractivity contribution in [3.8, 4) is 17.1 Å². The van der Waals surface area contributed by atoms with E-state index >= 15 is 0 Å². The summed E-state index contributed by atoms with van der Waals surface area (Å²) in [6.07, 6.45) is -0.506. The molecule has 9 nitrogen and oxygen atoms in total. The largest absolute Gasteiger partial charge is 0.420 e. The van der Waals surface area contributed by atoms with Crippen LogP contribution < -0.4 is 9.64 Å². The van der Waals surface area contributed by atoms with Crippen LogP contribution in [0.2, 0.25) is 0 Å². The molecule has 0 saturated carbocycles. The minimum absolute atomic E-state index is 0.225. The van der Waals surface area contributed by atoms with E-state index in [1.165, 1.54) is 16.2 Å². The first-order valence-electron chi connectivity index (χ1n) is 8.79. The monoisotopic (exact) mass is 427 g/mol. The normalized spacial score (nSPS) is 11.2. The van der Waals surface area contributed by atoms with Crippen molar-refractivity contribution in [3.05, 3.63) is 36.4 Å². The molecule has 4 aromatic rings. The van der Waals surface area contributed by atoms with Crippen molar-refractivity contribution >= 4 is 46.2 Å². The van der Waals surface area contributed by atoms with Gasteiger partial charge in [-0.25, -0.2) is 14.8 Å². The highest BCUT2D eigenvalue weighted by molar-refractivity contribution is 7.82. The Morgan fingerprint density at radius 3 is 2.69 bits per heavy atom. The molecule has 1 aromatic carbocycles. The van der Waals surface area contributed by atoms with Crippen LogP contribution in [0.1, 0.15) is 13.8 Å². The van der Waals surface area contributed by atoms with E-state index in [0.29, 0.717) is 28.3 Å². The van der Waals surface area contributed by atoms with Gasteiger partial charge >= 0.3 is 6.09 Å². The summed E-state index contributed by atoms with van der Waals surface area (Å²) in [5, 5.41) is 13.8. The number of aromatic amines is 1. The fraction of sp³-hybridized carbons (Fsp3) is 0.222. The Morgan fingerprint density at radius 1 is 1.21 bits per heavy atom.